The highest BCUT2D eigenvalue weighted by atomic mass is 35.5. The number of carbonyl (C=O) groups is 2. The fourth-order valence-electron chi connectivity index (χ4n) is 5.51. The number of halogens is 1. The van der Waals surface area contributed by atoms with Crippen LogP contribution in [-0.4, -0.2) is 98.3 Å². The van der Waals surface area contributed by atoms with E-state index in [0.29, 0.717) is 40.1 Å². The molecule has 60 heavy (non-hydrogen) atoms. The molecule has 2 amide bonds. The third kappa shape index (κ3) is 12.1. The lowest BCUT2D eigenvalue weighted by atomic mass is 10.1. The van der Waals surface area contributed by atoms with Crippen molar-refractivity contribution < 1.29 is 14.3 Å². The van der Waals surface area contributed by atoms with Crippen molar-refractivity contribution in [3.8, 4) is 5.75 Å². The van der Waals surface area contributed by atoms with E-state index in [2.05, 4.69) is 93.9 Å². The van der Waals surface area contributed by atoms with E-state index in [1.807, 2.05) is 96.6 Å². The van der Waals surface area contributed by atoms with E-state index in [9.17, 15) is 9.59 Å². The number of rotatable bonds is 8. The molecule has 0 radical (unpaired) electrons. The maximum absolute atomic E-state index is 12.1. The van der Waals surface area contributed by atoms with E-state index in [1.165, 1.54) is 16.0 Å². The van der Waals surface area contributed by atoms with Crippen LogP contribution in [0.15, 0.2) is 103 Å². The van der Waals surface area contributed by atoms with Crippen LogP contribution in [0.5, 0.6) is 5.75 Å². The van der Waals surface area contributed by atoms with E-state index in [4.69, 9.17) is 17.3 Å². The van der Waals surface area contributed by atoms with Gasteiger partial charge in [-0.1, -0.05) is 78.9 Å². The van der Waals surface area contributed by atoms with E-state index in [-0.39, 0.29) is 18.1 Å². The summed E-state index contributed by atoms with van der Waals surface area (Å²) in [5.41, 5.74) is 9.90. The van der Waals surface area contributed by atoms with Gasteiger partial charge in [-0.05, 0) is 65.0 Å². The second-order valence-corrected chi connectivity index (χ2v) is 14.0. The Bertz CT molecular complexity index is 2430. The Kier molecular flexibility index (Phi) is 16.6. The van der Waals surface area contributed by atoms with Gasteiger partial charge in [-0.2, -0.15) is 9.03 Å². The van der Waals surface area contributed by atoms with Gasteiger partial charge >= 0.3 is 11.5 Å². The molecule has 17 nitrogen and oxygen atoms in total. The molecule has 0 aliphatic heterocycles. The number of nitrogen functional groups attached to an aromatic ring is 1. The third-order valence-electron chi connectivity index (χ3n) is 9.09. The van der Waals surface area contributed by atoms with Crippen molar-refractivity contribution in [1.82, 2.24) is 49.8 Å². The number of nitrogens with one attached hydrogen (secondary N) is 2. The van der Waals surface area contributed by atoms with Crippen LogP contribution < -0.4 is 30.9 Å². The Morgan fingerprint density at radius 2 is 1.10 bits per heavy atom. The molecule has 0 saturated heterocycles. The number of hydrogen-bond acceptors (Lipinski definition) is 13. The fraction of sp³-hybridized carbons (Fsp3) is 0.286. The lowest BCUT2D eigenvalue weighted by Gasteiger charge is -2.27. The van der Waals surface area contributed by atoms with Crippen molar-refractivity contribution in [2.24, 2.45) is 0 Å². The summed E-state index contributed by atoms with van der Waals surface area (Å²) in [6.45, 7) is 7.93. The zero-order valence-electron chi connectivity index (χ0n) is 35.6. The van der Waals surface area contributed by atoms with Gasteiger partial charge in [0.25, 0.3) is 0 Å². The lowest BCUT2D eigenvalue weighted by Crippen LogP contribution is -2.28. The van der Waals surface area contributed by atoms with Crippen LogP contribution in [0.2, 0.25) is 0 Å². The van der Waals surface area contributed by atoms with Gasteiger partial charge in [-0.25, -0.2) is 9.59 Å². The number of aryl methyl sites for hydroxylation is 2. The number of aromatic nitrogens is 8. The van der Waals surface area contributed by atoms with E-state index in [1.54, 1.807) is 47.4 Å². The van der Waals surface area contributed by atoms with Crippen LogP contribution in [0.25, 0.3) is 11.3 Å². The van der Waals surface area contributed by atoms with E-state index >= 15 is 0 Å². The molecule has 18 heteroatoms. The van der Waals surface area contributed by atoms with Crippen molar-refractivity contribution in [3.05, 3.63) is 126 Å². The van der Waals surface area contributed by atoms with Crippen LogP contribution in [-0.2, 0) is 0 Å². The summed E-state index contributed by atoms with van der Waals surface area (Å²) in [6.07, 6.45) is 0. The molecule has 4 aromatic heterocycles. The minimum Gasteiger partial charge on any atom is -0.415 e. The zero-order valence-corrected chi connectivity index (χ0v) is 36.3. The summed E-state index contributed by atoms with van der Waals surface area (Å²) in [7, 11) is 11.1. The van der Waals surface area contributed by atoms with Crippen molar-refractivity contribution in [3.63, 3.8) is 0 Å². The number of hydrogen-bond donors (Lipinski definition) is 3. The van der Waals surface area contributed by atoms with Gasteiger partial charge in [0.1, 0.15) is 5.75 Å². The number of benzene rings is 3. The number of anilines is 4. The maximum atomic E-state index is 12.1. The molecule has 0 unspecified atom stereocenters. The minimum atomic E-state index is -0.814. The number of amides is 2. The lowest BCUT2D eigenvalue weighted by molar-refractivity contribution is 0.225. The van der Waals surface area contributed by atoms with Crippen LogP contribution in [0, 0.1) is 13.8 Å². The van der Waals surface area contributed by atoms with Crippen LogP contribution in [0.1, 0.15) is 48.7 Å². The number of nitrogens with zero attached hydrogens (tertiary/aromatic N) is 11. The second kappa shape index (κ2) is 21.8. The zero-order chi connectivity index (χ0) is 43.9. The number of ether oxygens (including phenoxy) is 1. The molecule has 4 heterocycles. The van der Waals surface area contributed by atoms with Gasteiger partial charge < -0.3 is 35.8 Å². The molecule has 0 aliphatic rings. The molecule has 0 fully saturated rings. The molecule has 3 aromatic carbocycles. The number of carbonyl (C=O) groups excluding carboxylic acids is 2. The SMILES string of the molecule is CNC.Cc1nnc2c(N)cc(N(C)[C@@H](C)c3ccccc3)nn12.Cc1nnc2c(NC(=O)N(C)C)cc(N(C)[C@@H](C)c3ccccc3)nn12.O=C(Cl)Oc1ccccc1. The summed E-state index contributed by atoms with van der Waals surface area (Å²) in [5, 5.41) is 31.1. The molecular formula is C42H53ClN14O3. The maximum Gasteiger partial charge on any atom is 0.409 e. The van der Waals surface area contributed by atoms with E-state index < -0.39 is 5.43 Å². The molecule has 316 valence electrons. The monoisotopic (exact) mass is 836 g/mol. The average Bonchev–Trinajstić information content (AvgIpc) is 3.82. The molecule has 4 N–H and O–H groups in total. The van der Waals surface area contributed by atoms with Crippen molar-refractivity contribution in [1.29, 1.82) is 0 Å². The van der Waals surface area contributed by atoms with Gasteiger partial charge in [-0.15, -0.1) is 30.6 Å². The first-order valence-electron chi connectivity index (χ1n) is 18.9. The first kappa shape index (κ1) is 45.8. The quantitative estimate of drug-likeness (QED) is 0.131. The molecule has 2 atom stereocenters. The molecule has 0 saturated carbocycles. The van der Waals surface area contributed by atoms with Gasteiger partial charge in [-0.3, -0.25) is 0 Å². The molecule has 0 bridgehead atoms. The van der Waals surface area contributed by atoms with Gasteiger partial charge in [0, 0.05) is 51.9 Å². The molecule has 0 spiro atoms. The summed E-state index contributed by atoms with van der Waals surface area (Å²) in [5.74, 6) is 3.34. The number of fused-ring (bicyclic) bond motifs is 2. The summed E-state index contributed by atoms with van der Waals surface area (Å²) >= 11 is 4.95. The number of para-hydroxylation sites is 1. The standard InChI is InChI=1S/C18H23N7O.C15H18N6.C7H5ClO2.C2H7N/c1-12(14-9-7-6-8-10-14)24(5)16-11-15(19-18(26)23(3)4)17-21-20-13(2)25(17)22-16;1-10(12-7-5-4-6-8-12)20(3)14-9-13(16)15-18-17-11(2)21(15)19-14;8-7(9)10-6-4-2-1-3-5-6;1-3-2/h6-12H,1-5H3,(H,19,26);4-10H,16H2,1-3H3;1-5H;3H,1-2H3/t12-;10-;;/m00../s1. The number of urea groups is 1. The Labute approximate surface area is 355 Å². The highest BCUT2D eigenvalue weighted by molar-refractivity contribution is 6.61. The largest absolute Gasteiger partial charge is 0.415 e. The van der Waals surface area contributed by atoms with Gasteiger partial charge in [0.2, 0.25) is 11.3 Å². The molecule has 7 aromatic rings. The first-order chi connectivity index (χ1) is 28.7. The Balaban J connectivity index is 0.000000208. The normalized spacial score (nSPS) is 11.4. The summed E-state index contributed by atoms with van der Waals surface area (Å²) in [4.78, 5) is 27.9. The highest BCUT2D eigenvalue weighted by Gasteiger charge is 2.20. The molecule has 0 aliphatic carbocycles. The van der Waals surface area contributed by atoms with Gasteiger partial charge in [0.05, 0.1) is 23.5 Å². The van der Waals surface area contributed by atoms with E-state index in [0.717, 1.165) is 11.6 Å². The smallest absolute Gasteiger partial charge is 0.409 e. The Morgan fingerprint density at radius 1 is 0.683 bits per heavy atom. The van der Waals surface area contributed by atoms with Crippen LogP contribution in [0.4, 0.5) is 32.6 Å². The first-order valence-corrected chi connectivity index (χ1v) is 19.3. The van der Waals surface area contributed by atoms with Crippen LogP contribution in [0.3, 0.4) is 0 Å². The summed E-state index contributed by atoms with van der Waals surface area (Å²) in [6, 6.07) is 32.9. The Hall–Kier alpha value is -6.85. The van der Waals surface area contributed by atoms with Gasteiger partial charge in [0.15, 0.2) is 23.3 Å². The number of nitrogens with two attached hydrogens (primary N) is 1. The fourth-order valence-corrected chi connectivity index (χ4v) is 5.60. The summed E-state index contributed by atoms with van der Waals surface area (Å²) < 4.78 is 7.87. The third-order valence-corrected chi connectivity index (χ3v) is 9.17. The predicted molar refractivity (Wildman–Crippen MR) is 238 cm³/mol. The topological polar surface area (TPSA) is 189 Å². The van der Waals surface area contributed by atoms with Crippen molar-refractivity contribution in [2.45, 2.75) is 39.8 Å². The van der Waals surface area contributed by atoms with Crippen molar-refractivity contribution >= 4 is 57.4 Å². The van der Waals surface area contributed by atoms with Crippen LogP contribution >= 0.6 is 11.6 Å². The van der Waals surface area contributed by atoms with Crippen molar-refractivity contribution in [2.75, 3.05) is 63.1 Å². The molecule has 7 rings (SSSR count). The average molecular weight is 837 g/mol. The Morgan fingerprint density at radius 3 is 1.55 bits per heavy atom. The second-order valence-electron chi connectivity index (χ2n) is 13.7. The highest BCUT2D eigenvalue weighted by Crippen LogP contribution is 2.28. The molecular weight excluding hydrogens is 784 g/mol. The predicted octanol–water partition coefficient (Wildman–Crippen LogP) is 7.20. The minimum absolute atomic E-state index is 0.107.